The highest BCUT2D eigenvalue weighted by molar-refractivity contribution is 7.16. The van der Waals surface area contributed by atoms with Crippen LogP contribution < -0.4 is 5.32 Å². The highest BCUT2D eigenvalue weighted by Crippen LogP contribution is 2.22. The second-order valence-corrected chi connectivity index (χ2v) is 6.33. The lowest BCUT2D eigenvalue weighted by molar-refractivity contribution is -0.117. The number of aryl methyl sites for hydroxylation is 1. The largest absolute Gasteiger partial charge is 0.360 e. The van der Waals surface area contributed by atoms with E-state index in [4.69, 9.17) is 16.1 Å². The van der Waals surface area contributed by atoms with Gasteiger partial charge in [0.25, 0.3) is 0 Å². The van der Waals surface area contributed by atoms with Crippen LogP contribution in [0.25, 0.3) is 0 Å². The molecule has 0 aromatic carbocycles. The number of thiophene rings is 1. The average Bonchev–Trinajstić information content (AvgIpc) is 2.99. The minimum absolute atomic E-state index is 0.146. The van der Waals surface area contributed by atoms with E-state index in [1.165, 1.54) is 11.3 Å². The Labute approximate surface area is 132 Å². The van der Waals surface area contributed by atoms with Crippen molar-refractivity contribution in [3.05, 3.63) is 45.8 Å². The Morgan fingerprint density at radius 1 is 1.62 bits per heavy atom. The summed E-state index contributed by atoms with van der Waals surface area (Å²) in [6.45, 7) is 6.99. The predicted octanol–water partition coefficient (Wildman–Crippen LogP) is 3.32. The number of nitrogens with one attached hydrogen (secondary N) is 1. The van der Waals surface area contributed by atoms with Crippen molar-refractivity contribution in [3.8, 4) is 0 Å². The van der Waals surface area contributed by atoms with Gasteiger partial charge in [-0.1, -0.05) is 22.8 Å². The molecule has 5 nitrogen and oxygen atoms in total. The van der Waals surface area contributed by atoms with Gasteiger partial charge in [-0.25, -0.2) is 0 Å². The smallest absolute Gasteiger partial charge is 0.239 e. The summed E-state index contributed by atoms with van der Waals surface area (Å²) in [7, 11) is 0. The van der Waals surface area contributed by atoms with Gasteiger partial charge in [0, 0.05) is 24.0 Å². The third kappa shape index (κ3) is 5.00. The van der Waals surface area contributed by atoms with Crippen molar-refractivity contribution in [1.29, 1.82) is 0 Å². The lowest BCUT2D eigenvalue weighted by atomic mass is 10.3. The van der Waals surface area contributed by atoms with Crippen LogP contribution in [-0.4, -0.2) is 29.1 Å². The molecule has 0 saturated carbocycles. The minimum Gasteiger partial charge on any atom is -0.360 e. The van der Waals surface area contributed by atoms with Crippen molar-refractivity contribution >= 4 is 34.7 Å². The monoisotopic (exact) mass is 325 g/mol. The first kappa shape index (κ1) is 15.8. The number of hydrogen-bond acceptors (Lipinski definition) is 5. The van der Waals surface area contributed by atoms with E-state index in [1.807, 2.05) is 17.0 Å². The van der Waals surface area contributed by atoms with Gasteiger partial charge >= 0.3 is 0 Å². The number of nitrogens with zero attached hydrogens (tertiary/aromatic N) is 2. The predicted molar refractivity (Wildman–Crippen MR) is 84.7 cm³/mol. The second kappa shape index (κ2) is 7.40. The first-order chi connectivity index (χ1) is 10.1. The zero-order valence-electron chi connectivity index (χ0n) is 11.6. The molecule has 0 aliphatic carbocycles. The van der Waals surface area contributed by atoms with Crippen LogP contribution >= 0.6 is 22.9 Å². The summed E-state index contributed by atoms with van der Waals surface area (Å²) in [6, 6.07) is 5.49. The lowest BCUT2D eigenvalue weighted by Gasteiger charge is -2.18. The average molecular weight is 326 g/mol. The summed E-state index contributed by atoms with van der Waals surface area (Å²) in [4.78, 5) is 15.1. The number of carbonyl (C=O) groups is 1. The van der Waals surface area contributed by atoms with Crippen molar-refractivity contribution in [2.24, 2.45) is 0 Å². The second-order valence-electron chi connectivity index (χ2n) is 4.54. The number of carbonyl (C=O) groups excluding carboxylic acids is 1. The van der Waals surface area contributed by atoms with Crippen molar-refractivity contribution in [2.75, 3.05) is 18.4 Å². The van der Waals surface area contributed by atoms with Gasteiger partial charge in [-0.05, 0) is 19.1 Å². The first-order valence-electron chi connectivity index (χ1n) is 6.37. The number of anilines is 1. The molecule has 2 heterocycles. The van der Waals surface area contributed by atoms with Crippen LogP contribution in [0.1, 0.15) is 10.6 Å². The van der Waals surface area contributed by atoms with E-state index in [1.54, 1.807) is 19.1 Å². The Balaban J connectivity index is 1.92. The van der Waals surface area contributed by atoms with E-state index in [0.29, 0.717) is 24.7 Å². The molecule has 0 saturated heterocycles. The lowest BCUT2D eigenvalue weighted by Crippen LogP contribution is -2.32. The Kier molecular flexibility index (Phi) is 5.55. The molecule has 2 aromatic heterocycles. The third-order valence-electron chi connectivity index (χ3n) is 2.66. The molecule has 0 aliphatic heterocycles. The Bertz CT molecular complexity index is 623. The van der Waals surface area contributed by atoms with Crippen LogP contribution in [0, 0.1) is 6.92 Å². The summed E-state index contributed by atoms with van der Waals surface area (Å²) in [5.74, 6) is 0.935. The summed E-state index contributed by atoms with van der Waals surface area (Å²) in [6.07, 6.45) is 1.77. The zero-order valence-corrected chi connectivity index (χ0v) is 13.2. The Morgan fingerprint density at radius 2 is 2.43 bits per heavy atom. The summed E-state index contributed by atoms with van der Waals surface area (Å²) in [5, 5.41) is 6.44. The van der Waals surface area contributed by atoms with Crippen LogP contribution in [-0.2, 0) is 11.3 Å². The third-order valence-corrected chi connectivity index (χ3v) is 3.87. The molecule has 7 heteroatoms. The molecule has 0 aliphatic rings. The van der Waals surface area contributed by atoms with Crippen LogP contribution in [0.2, 0.25) is 4.34 Å². The van der Waals surface area contributed by atoms with Crippen LogP contribution in [0.4, 0.5) is 5.82 Å². The zero-order chi connectivity index (χ0) is 15.2. The number of amides is 1. The van der Waals surface area contributed by atoms with Gasteiger partial charge in [-0.2, -0.15) is 0 Å². The molecule has 0 unspecified atom stereocenters. The molecule has 0 radical (unpaired) electrons. The maximum atomic E-state index is 12.0. The summed E-state index contributed by atoms with van der Waals surface area (Å²) >= 11 is 7.42. The Hall–Kier alpha value is -1.63. The highest BCUT2D eigenvalue weighted by atomic mass is 35.5. The van der Waals surface area contributed by atoms with Crippen molar-refractivity contribution in [1.82, 2.24) is 10.1 Å². The van der Waals surface area contributed by atoms with E-state index in [9.17, 15) is 4.79 Å². The Morgan fingerprint density at radius 3 is 3.00 bits per heavy atom. The fourth-order valence-electron chi connectivity index (χ4n) is 1.84. The molecule has 0 bridgehead atoms. The maximum Gasteiger partial charge on any atom is 0.239 e. The van der Waals surface area contributed by atoms with Crippen molar-refractivity contribution in [3.63, 3.8) is 0 Å². The van der Waals surface area contributed by atoms with Crippen molar-refractivity contribution < 1.29 is 9.32 Å². The van der Waals surface area contributed by atoms with E-state index in [0.717, 1.165) is 9.21 Å². The van der Waals surface area contributed by atoms with Gasteiger partial charge in [0.05, 0.1) is 10.9 Å². The molecule has 1 amide bonds. The van der Waals surface area contributed by atoms with Gasteiger partial charge in [0.1, 0.15) is 5.76 Å². The molecular formula is C14H16ClN3O2S. The molecule has 2 rings (SSSR count). The summed E-state index contributed by atoms with van der Waals surface area (Å²) in [5.41, 5.74) is 0. The molecule has 112 valence electrons. The van der Waals surface area contributed by atoms with Gasteiger partial charge in [-0.3, -0.25) is 9.69 Å². The minimum atomic E-state index is -0.146. The van der Waals surface area contributed by atoms with Crippen LogP contribution in [0.5, 0.6) is 0 Å². The SMILES string of the molecule is C=CCN(CC(=O)Nc1cc(C)on1)Cc1ccc(Cl)s1. The van der Waals surface area contributed by atoms with Crippen LogP contribution in [0.15, 0.2) is 35.4 Å². The number of hydrogen-bond donors (Lipinski definition) is 1. The number of rotatable bonds is 7. The summed E-state index contributed by atoms with van der Waals surface area (Å²) < 4.78 is 5.65. The molecule has 21 heavy (non-hydrogen) atoms. The molecule has 0 atom stereocenters. The standard InChI is InChI=1S/C14H16ClN3O2S/c1-3-6-18(8-11-4-5-12(15)21-11)9-14(19)16-13-7-10(2)20-17-13/h3-5,7H,1,6,8-9H2,2H3,(H,16,17,19). The van der Waals surface area contributed by atoms with E-state index >= 15 is 0 Å². The fraction of sp³-hybridized carbons (Fsp3) is 0.286. The molecule has 1 N–H and O–H groups in total. The topological polar surface area (TPSA) is 58.4 Å². The van der Waals surface area contributed by atoms with E-state index in [-0.39, 0.29) is 12.5 Å². The molecule has 0 fully saturated rings. The normalized spacial score (nSPS) is 10.8. The highest BCUT2D eigenvalue weighted by Gasteiger charge is 2.13. The molecule has 0 spiro atoms. The van der Waals surface area contributed by atoms with Gasteiger partial charge in [0.15, 0.2) is 5.82 Å². The first-order valence-corrected chi connectivity index (χ1v) is 7.57. The van der Waals surface area contributed by atoms with Crippen LogP contribution in [0.3, 0.4) is 0 Å². The van der Waals surface area contributed by atoms with E-state index in [2.05, 4.69) is 17.1 Å². The fourth-order valence-corrected chi connectivity index (χ4v) is 2.97. The van der Waals surface area contributed by atoms with Gasteiger partial charge in [-0.15, -0.1) is 17.9 Å². The van der Waals surface area contributed by atoms with Gasteiger partial charge < -0.3 is 9.84 Å². The maximum absolute atomic E-state index is 12.0. The van der Waals surface area contributed by atoms with Crippen molar-refractivity contribution in [2.45, 2.75) is 13.5 Å². The number of aromatic nitrogens is 1. The molecular weight excluding hydrogens is 310 g/mol. The molecule has 2 aromatic rings. The quantitative estimate of drug-likeness (QED) is 0.793. The number of halogens is 1. The van der Waals surface area contributed by atoms with E-state index < -0.39 is 0 Å². The van der Waals surface area contributed by atoms with Gasteiger partial charge in [0.2, 0.25) is 5.91 Å².